The Labute approximate surface area is 102 Å². The van der Waals surface area contributed by atoms with Crippen molar-refractivity contribution in [1.82, 2.24) is 0 Å². The third-order valence-electron chi connectivity index (χ3n) is 1.19. The first-order valence-electron chi connectivity index (χ1n) is 3.79. The molecule has 0 aliphatic carbocycles. The SMILES string of the molecule is FCC(F)(F)Cl.O=[SH](=O)c1ccc(Cl)cc1. The van der Waals surface area contributed by atoms with Gasteiger partial charge >= 0.3 is 5.38 Å². The number of benzene rings is 1. The Hall–Kier alpha value is -0.460. The van der Waals surface area contributed by atoms with Gasteiger partial charge in [-0.15, -0.1) is 0 Å². The monoisotopic (exact) mass is 294 g/mol. The maximum Gasteiger partial charge on any atom is 0.349 e. The van der Waals surface area contributed by atoms with E-state index >= 15 is 0 Å². The molecule has 0 bridgehead atoms. The number of alkyl halides is 4. The van der Waals surface area contributed by atoms with Gasteiger partial charge in [0.1, 0.15) is 0 Å². The van der Waals surface area contributed by atoms with E-state index in [1.165, 1.54) is 12.1 Å². The normalized spacial score (nSPS) is 10.9. The predicted octanol–water partition coefficient (Wildman–Crippen LogP) is 3.10. The molecule has 0 atom stereocenters. The molecular weight excluding hydrogens is 288 g/mol. The highest BCUT2D eigenvalue weighted by molar-refractivity contribution is 7.72. The summed E-state index contributed by atoms with van der Waals surface area (Å²) in [4.78, 5) is 0.291. The van der Waals surface area contributed by atoms with Gasteiger partial charge in [-0.05, 0) is 35.9 Å². The summed E-state index contributed by atoms with van der Waals surface area (Å²) < 4.78 is 52.9. The second-order valence-corrected chi connectivity index (χ2v) is 4.50. The third kappa shape index (κ3) is 7.78. The highest BCUT2D eigenvalue weighted by atomic mass is 35.5. The van der Waals surface area contributed by atoms with Gasteiger partial charge in [-0.1, -0.05) is 11.6 Å². The lowest BCUT2D eigenvalue weighted by molar-refractivity contribution is 0.0653. The zero-order chi connectivity index (χ0) is 12.8. The molecule has 0 aliphatic rings. The lowest BCUT2D eigenvalue weighted by Crippen LogP contribution is -2.06. The smallest absolute Gasteiger partial charge is 0.243 e. The van der Waals surface area contributed by atoms with Gasteiger partial charge in [0.2, 0.25) is 0 Å². The number of hydrogen-bond acceptors (Lipinski definition) is 2. The van der Waals surface area contributed by atoms with E-state index in [1.807, 2.05) is 0 Å². The van der Waals surface area contributed by atoms with Gasteiger partial charge in [0, 0.05) is 5.02 Å². The zero-order valence-electron chi connectivity index (χ0n) is 7.67. The van der Waals surface area contributed by atoms with Crippen LogP contribution in [0.1, 0.15) is 0 Å². The minimum Gasteiger partial charge on any atom is -0.243 e. The molecule has 0 radical (unpaired) electrons. The van der Waals surface area contributed by atoms with Crippen LogP contribution in [0.3, 0.4) is 0 Å². The summed E-state index contributed by atoms with van der Waals surface area (Å²) >= 11 is 9.53. The van der Waals surface area contributed by atoms with E-state index in [4.69, 9.17) is 11.6 Å². The van der Waals surface area contributed by atoms with E-state index in [0.29, 0.717) is 9.92 Å². The number of thiol groups is 1. The molecule has 1 aromatic carbocycles. The summed E-state index contributed by atoms with van der Waals surface area (Å²) in [6, 6.07) is 6.02. The molecule has 0 saturated carbocycles. The maximum atomic E-state index is 10.8. The van der Waals surface area contributed by atoms with Crippen molar-refractivity contribution in [2.45, 2.75) is 10.3 Å². The minimum atomic E-state index is -3.65. The van der Waals surface area contributed by atoms with Crippen LogP contribution in [-0.4, -0.2) is 20.5 Å². The molecule has 0 unspecified atom stereocenters. The van der Waals surface area contributed by atoms with Crippen molar-refractivity contribution in [2.75, 3.05) is 6.67 Å². The second-order valence-electron chi connectivity index (χ2n) is 2.48. The summed E-state index contributed by atoms with van der Waals surface area (Å²) in [5, 5.41) is -3.11. The second kappa shape index (κ2) is 6.98. The number of rotatable bonds is 2. The van der Waals surface area contributed by atoms with E-state index < -0.39 is 22.8 Å². The Morgan fingerprint density at radius 3 is 1.81 bits per heavy atom. The first-order chi connectivity index (χ1) is 7.26. The maximum absolute atomic E-state index is 10.8. The molecule has 16 heavy (non-hydrogen) atoms. The Morgan fingerprint density at radius 1 is 1.19 bits per heavy atom. The molecule has 0 spiro atoms. The Kier molecular flexibility index (Phi) is 6.78. The van der Waals surface area contributed by atoms with Crippen molar-refractivity contribution in [3.63, 3.8) is 0 Å². The fourth-order valence-corrected chi connectivity index (χ4v) is 1.08. The average Bonchev–Trinajstić information content (AvgIpc) is 2.18. The fourth-order valence-electron chi connectivity index (χ4n) is 0.563. The van der Waals surface area contributed by atoms with Gasteiger partial charge in [0.05, 0.1) is 4.90 Å². The topological polar surface area (TPSA) is 34.1 Å². The van der Waals surface area contributed by atoms with E-state index in [2.05, 4.69) is 11.6 Å². The molecule has 92 valence electrons. The van der Waals surface area contributed by atoms with E-state index in [9.17, 15) is 21.6 Å². The minimum absolute atomic E-state index is 0.291. The molecule has 8 heteroatoms. The van der Waals surface area contributed by atoms with Crippen molar-refractivity contribution in [2.24, 2.45) is 0 Å². The van der Waals surface area contributed by atoms with Gasteiger partial charge < -0.3 is 0 Å². The Balaban J connectivity index is 0.000000325. The number of hydrogen-bond donors (Lipinski definition) is 1. The zero-order valence-corrected chi connectivity index (χ0v) is 10.1. The largest absolute Gasteiger partial charge is 0.349 e. The summed E-state index contributed by atoms with van der Waals surface area (Å²) in [7, 11) is -2.47. The summed E-state index contributed by atoms with van der Waals surface area (Å²) in [5.41, 5.74) is 0. The van der Waals surface area contributed by atoms with Crippen molar-refractivity contribution in [3.8, 4) is 0 Å². The van der Waals surface area contributed by atoms with Crippen LogP contribution in [-0.2, 0) is 10.7 Å². The highest BCUT2D eigenvalue weighted by Crippen LogP contribution is 2.17. The number of halogens is 5. The van der Waals surface area contributed by atoms with Crippen molar-refractivity contribution in [3.05, 3.63) is 29.3 Å². The lowest BCUT2D eigenvalue weighted by atomic mass is 10.4. The molecule has 0 heterocycles. The molecule has 0 aromatic heterocycles. The van der Waals surface area contributed by atoms with Crippen molar-refractivity contribution < 1.29 is 21.6 Å². The molecule has 0 N–H and O–H groups in total. The first-order valence-corrected chi connectivity index (χ1v) is 5.72. The Morgan fingerprint density at radius 2 is 1.56 bits per heavy atom. The molecule has 1 aromatic rings. The summed E-state index contributed by atoms with van der Waals surface area (Å²) in [5.74, 6) is 0. The van der Waals surface area contributed by atoms with Crippen LogP contribution in [0.2, 0.25) is 5.02 Å². The van der Waals surface area contributed by atoms with E-state index in [1.54, 1.807) is 12.1 Å². The van der Waals surface area contributed by atoms with Crippen LogP contribution in [0.4, 0.5) is 13.2 Å². The van der Waals surface area contributed by atoms with Crippen LogP contribution in [0.15, 0.2) is 29.2 Å². The Bertz CT molecular complexity index is 379. The van der Waals surface area contributed by atoms with Gasteiger partial charge in [-0.25, -0.2) is 12.8 Å². The first kappa shape index (κ1) is 15.5. The quantitative estimate of drug-likeness (QED) is 0.672. The van der Waals surface area contributed by atoms with Crippen LogP contribution >= 0.6 is 23.2 Å². The van der Waals surface area contributed by atoms with Crippen LogP contribution < -0.4 is 0 Å². The van der Waals surface area contributed by atoms with Crippen LogP contribution in [0.5, 0.6) is 0 Å². The molecule has 0 amide bonds. The summed E-state index contributed by atoms with van der Waals surface area (Å²) in [6.45, 7) is -1.80. The van der Waals surface area contributed by atoms with Crippen LogP contribution in [0.25, 0.3) is 0 Å². The molecule has 0 aliphatic heterocycles. The van der Waals surface area contributed by atoms with Crippen molar-refractivity contribution in [1.29, 1.82) is 0 Å². The van der Waals surface area contributed by atoms with Gasteiger partial charge in [0.25, 0.3) is 0 Å². The fraction of sp³-hybridized carbons (Fsp3) is 0.250. The standard InChI is InChI=1S/C6H5ClO2S.C2H2ClF3/c7-5-1-3-6(4-2-5)10(8)9;3-2(5,6)1-4/h1-4,10H;1H2. The molecule has 0 saturated heterocycles. The van der Waals surface area contributed by atoms with Crippen molar-refractivity contribution >= 4 is 33.9 Å². The van der Waals surface area contributed by atoms with Gasteiger partial charge in [0.15, 0.2) is 17.4 Å². The lowest BCUT2D eigenvalue weighted by Gasteiger charge is -1.95. The van der Waals surface area contributed by atoms with Gasteiger partial charge in [-0.2, -0.15) is 8.78 Å². The molecule has 1 rings (SSSR count). The highest BCUT2D eigenvalue weighted by Gasteiger charge is 2.23. The van der Waals surface area contributed by atoms with Gasteiger partial charge in [-0.3, -0.25) is 0 Å². The van der Waals surface area contributed by atoms with Crippen LogP contribution in [0, 0.1) is 0 Å². The molecule has 2 nitrogen and oxygen atoms in total. The summed E-state index contributed by atoms with van der Waals surface area (Å²) in [6.07, 6.45) is 0. The van der Waals surface area contributed by atoms with E-state index in [0.717, 1.165) is 0 Å². The predicted molar refractivity (Wildman–Crippen MR) is 56.8 cm³/mol. The molecule has 0 fully saturated rings. The molecular formula is C8H7Cl2F3O2S. The van der Waals surface area contributed by atoms with E-state index in [-0.39, 0.29) is 0 Å². The average molecular weight is 295 g/mol. The third-order valence-corrected chi connectivity index (χ3v) is 2.26.